The molecule has 0 saturated carbocycles. The molecule has 1 aliphatic rings. The zero-order valence-electron chi connectivity index (χ0n) is 16.0. The van der Waals surface area contributed by atoms with Gasteiger partial charge < -0.3 is 9.47 Å². The second-order valence-corrected chi connectivity index (χ2v) is 8.86. The highest BCUT2D eigenvalue weighted by atomic mass is 32.2. The molecule has 0 fully saturated rings. The van der Waals surface area contributed by atoms with Crippen molar-refractivity contribution in [2.24, 2.45) is 0 Å². The summed E-state index contributed by atoms with van der Waals surface area (Å²) in [5, 5.41) is 0. The molecule has 3 aromatic carbocycles. The number of fused-ring (bicyclic) bond motifs is 1. The lowest BCUT2D eigenvalue weighted by molar-refractivity contribution is 0.107. The van der Waals surface area contributed by atoms with E-state index in [0.29, 0.717) is 31.3 Å². The predicted octanol–water partition coefficient (Wildman–Crippen LogP) is 3.99. The van der Waals surface area contributed by atoms with E-state index in [1.807, 2.05) is 54.6 Å². The Bertz CT molecular complexity index is 1050. The maximum atomic E-state index is 13.0. The van der Waals surface area contributed by atoms with Gasteiger partial charge >= 0.3 is 0 Å². The molecule has 0 unspecified atom stereocenters. The van der Waals surface area contributed by atoms with Crippen LogP contribution < -0.4 is 4.74 Å². The van der Waals surface area contributed by atoms with Crippen LogP contribution in [0.5, 0.6) is 5.75 Å². The Labute approximate surface area is 171 Å². The first-order chi connectivity index (χ1) is 14.1. The normalized spacial score (nSPS) is 14.6. The Morgan fingerprint density at radius 3 is 2.31 bits per heavy atom. The Hall–Kier alpha value is -2.67. The maximum absolute atomic E-state index is 13.0. The molecule has 0 atom stereocenters. The Balaban J connectivity index is 1.48. The minimum Gasteiger partial charge on any atom is -0.492 e. The fourth-order valence-electron chi connectivity index (χ4n) is 3.32. The summed E-state index contributed by atoms with van der Waals surface area (Å²) in [4.78, 5) is 0.297. The molecule has 150 valence electrons. The molecule has 0 amide bonds. The lowest BCUT2D eigenvalue weighted by Crippen LogP contribution is -2.32. The van der Waals surface area contributed by atoms with Gasteiger partial charge in [-0.25, -0.2) is 8.42 Å². The van der Waals surface area contributed by atoms with Crippen molar-refractivity contribution in [1.82, 2.24) is 4.31 Å². The van der Waals surface area contributed by atoms with Gasteiger partial charge in [0.2, 0.25) is 10.0 Å². The minimum absolute atomic E-state index is 0.277. The fraction of sp³-hybridized carbons (Fsp3) is 0.217. The highest BCUT2D eigenvalue weighted by Crippen LogP contribution is 2.28. The van der Waals surface area contributed by atoms with Gasteiger partial charge in [-0.3, -0.25) is 0 Å². The molecule has 0 aromatic heterocycles. The van der Waals surface area contributed by atoms with Crippen LogP contribution in [0.4, 0.5) is 0 Å². The van der Waals surface area contributed by atoms with Crippen LogP contribution in [0.25, 0.3) is 0 Å². The van der Waals surface area contributed by atoms with E-state index in [2.05, 4.69) is 0 Å². The largest absolute Gasteiger partial charge is 0.492 e. The molecule has 0 saturated heterocycles. The van der Waals surface area contributed by atoms with Gasteiger partial charge in [0.25, 0.3) is 0 Å². The molecule has 1 aliphatic heterocycles. The van der Waals surface area contributed by atoms with Gasteiger partial charge in [-0.05, 0) is 35.4 Å². The summed E-state index contributed by atoms with van der Waals surface area (Å²) in [6.07, 6.45) is 0. The van der Waals surface area contributed by atoms with Gasteiger partial charge in [-0.1, -0.05) is 54.6 Å². The van der Waals surface area contributed by atoms with Gasteiger partial charge in [0, 0.05) is 18.7 Å². The van der Waals surface area contributed by atoms with Crippen molar-refractivity contribution in [2.45, 2.75) is 24.7 Å². The van der Waals surface area contributed by atoms with Gasteiger partial charge in [-0.15, -0.1) is 0 Å². The zero-order valence-corrected chi connectivity index (χ0v) is 16.8. The van der Waals surface area contributed by atoms with Crippen LogP contribution in [0, 0.1) is 0 Å². The second-order valence-electron chi connectivity index (χ2n) is 6.92. The van der Waals surface area contributed by atoms with Gasteiger partial charge in [0.05, 0.1) is 18.1 Å². The van der Waals surface area contributed by atoms with E-state index in [9.17, 15) is 8.42 Å². The summed E-state index contributed by atoms with van der Waals surface area (Å²) in [5.41, 5.74) is 2.95. The topological polar surface area (TPSA) is 55.8 Å². The summed E-state index contributed by atoms with van der Waals surface area (Å²) in [6.45, 7) is 1.89. The molecule has 29 heavy (non-hydrogen) atoms. The SMILES string of the molecule is O=S(=O)(c1ccccc1)N1CCOc2ccc(COCc3ccccc3)cc2C1. The van der Waals surface area contributed by atoms with Crippen LogP contribution in [0.3, 0.4) is 0 Å². The minimum atomic E-state index is -3.57. The number of hydrogen-bond acceptors (Lipinski definition) is 4. The Morgan fingerprint density at radius 1 is 0.862 bits per heavy atom. The van der Waals surface area contributed by atoms with E-state index in [0.717, 1.165) is 22.4 Å². The average Bonchev–Trinajstić information content (AvgIpc) is 2.98. The lowest BCUT2D eigenvalue weighted by atomic mass is 10.1. The summed E-state index contributed by atoms with van der Waals surface area (Å²) in [7, 11) is -3.57. The highest BCUT2D eigenvalue weighted by Gasteiger charge is 2.27. The van der Waals surface area contributed by atoms with Crippen LogP contribution in [0.2, 0.25) is 0 Å². The third-order valence-corrected chi connectivity index (χ3v) is 6.69. The second kappa shape index (κ2) is 8.78. The van der Waals surface area contributed by atoms with Crippen LogP contribution in [0.1, 0.15) is 16.7 Å². The number of benzene rings is 3. The number of hydrogen-bond donors (Lipinski definition) is 0. The van der Waals surface area contributed by atoms with E-state index in [-0.39, 0.29) is 6.54 Å². The molecular formula is C23H23NO4S. The van der Waals surface area contributed by atoms with E-state index in [1.165, 1.54) is 4.31 Å². The predicted molar refractivity (Wildman–Crippen MR) is 111 cm³/mol. The zero-order chi connectivity index (χ0) is 20.1. The quantitative estimate of drug-likeness (QED) is 0.618. The average molecular weight is 410 g/mol. The first-order valence-corrected chi connectivity index (χ1v) is 11.0. The smallest absolute Gasteiger partial charge is 0.243 e. The molecule has 0 aliphatic carbocycles. The Kier molecular flexibility index (Phi) is 5.94. The molecule has 4 rings (SSSR count). The van der Waals surface area contributed by atoms with Crippen LogP contribution in [-0.2, 0) is 34.5 Å². The van der Waals surface area contributed by atoms with Crippen molar-refractivity contribution < 1.29 is 17.9 Å². The molecule has 6 heteroatoms. The van der Waals surface area contributed by atoms with Crippen molar-refractivity contribution in [2.75, 3.05) is 13.2 Å². The standard InChI is InChI=1S/C23H23NO4S/c25-29(26,22-9-5-2-6-10-22)24-13-14-28-23-12-11-20(15-21(23)16-24)18-27-17-19-7-3-1-4-8-19/h1-12,15H,13-14,16-18H2. The first-order valence-electron chi connectivity index (χ1n) is 9.54. The Morgan fingerprint density at radius 2 is 1.55 bits per heavy atom. The fourth-order valence-corrected chi connectivity index (χ4v) is 4.74. The van der Waals surface area contributed by atoms with Crippen molar-refractivity contribution in [3.05, 3.63) is 95.6 Å². The summed E-state index contributed by atoms with van der Waals surface area (Å²) in [6, 6.07) is 24.3. The summed E-state index contributed by atoms with van der Waals surface area (Å²) in [5.74, 6) is 0.725. The molecular weight excluding hydrogens is 386 g/mol. The summed E-state index contributed by atoms with van der Waals surface area (Å²) < 4.78 is 39.1. The van der Waals surface area contributed by atoms with Crippen LogP contribution >= 0.6 is 0 Å². The molecule has 1 heterocycles. The van der Waals surface area contributed by atoms with Crippen molar-refractivity contribution in [3.63, 3.8) is 0 Å². The number of ether oxygens (including phenoxy) is 2. The van der Waals surface area contributed by atoms with Crippen LogP contribution in [-0.4, -0.2) is 25.9 Å². The third-order valence-electron chi connectivity index (χ3n) is 4.83. The van der Waals surface area contributed by atoms with Crippen molar-refractivity contribution in [1.29, 1.82) is 0 Å². The van der Waals surface area contributed by atoms with Crippen LogP contribution in [0.15, 0.2) is 83.8 Å². The number of rotatable bonds is 6. The highest BCUT2D eigenvalue weighted by molar-refractivity contribution is 7.89. The van der Waals surface area contributed by atoms with E-state index in [1.54, 1.807) is 24.3 Å². The van der Waals surface area contributed by atoms with Gasteiger partial charge in [0.15, 0.2) is 0 Å². The molecule has 0 bridgehead atoms. The van der Waals surface area contributed by atoms with E-state index in [4.69, 9.17) is 9.47 Å². The molecule has 0 radical (unpaired) electrons. The summed E-state index contributed by atoms with van der Waals surface area (Å²) >= 11 is 0. The maximum Gasteiger partial charge on any atom is 0.243 e. The van der Waals surface area contributed by atoms with Crippen molar-refractivity contribution in [3.8, 4) is 5.75 Å². The molecule has 0 N–H and O–H groups in total. The number of sulfonamides is 1. The van der Waals surface area contributed by atoms with Gasteiger partial charge in [-0.2, -0.15) is 4.31 Å². The lowest BCUT2D eigenvalue weighted by Gasteiger charge is -2.19. The van der Waals surface area contributed by atoms with E-state index < -0.39 is 10.0 Å². The van der Waals surface area contributed by atoms with E-state index >= 15 is 0 Å². The third kappa shape index (κ3) is 4.67. The first kappa shape index (κ1) is 19.6. The monoisotopic (exact) mass is 409 g/mol. The number of nitrogens with zero attached hydrogens (tertiary/aromatic N) is 1. The molecule has 0 spiro atoms. The molecule has 3 aromatic rings. The van der Waals surface area contributed by atoms with Gasteiger partial charge in [0.1, 0.15) is 12.4 Å². The molecule has 5 nitrogen and oxygen atoms in total. The van der Waals surface area contributed by atoms with Crippen molar-refractivity contribution >= 4 is 10.0 Å².